The fourth-order valence-electron chi connectivity index (χ4n) is 2.58. The second kappa shape index (κ2) is 8.44. The summed E-state index contributed by atoms with van der Waals surface area (Å²) < 4.78 is 5.51. The number of aliphatic hydroxyl groups is 1. The van der Waals surface area contributed by atoms with Crippen molar-refractivity contribution >= 4 is 11.6 Å². The first-order chi connectivity index (χ1) is 12.3. The molecule has 3 atom stereocenters. The van der Waals surface area contributed by atoms with Crippen LogP contribution in [-0.2, 0) is 4.79 Å². The molecule has 0 aliphatic heterocycles. The molecule has 0 bridgehead atoms. The van der Waals surface area contributed by atoms with E-state index in [4.69, 9.17) is 4.74 Å². The Morgan fingerprint density at radius 3 is 2.31 bits per heavy atom. The van der Waals surface area contributed by atoms with Crippen LogP contribution in [0.4, 0.5) is 5.69 Å². The van der Waals surface area contributed by atoms with Gasteiger partial charge in [-0.05, 0) is 25.5 Å². The summed E-state index contributed by atoms with van der Waals surface area (Å²) in [7, 11) is 1.57. The number of rotatable bonds is 7. The van der Waals surface area contributed by atoms with Crippen molar-refractivity contribution in [1.29, 1.82) is 0 Å². The molecule has 0 spiro atoms. The highest BCUT2D eigenvalue weighted by atomic mass is 16.6. The molecule has 26 heavy (non-hydrogen) atoms. The number of hydrogen-bond acceptors (Lipinski definition) is 5. The van der Waals surface area contributed by atoms with E-state index in [1.54, 1.807) is 32.2 Å². The summed E-state index contributed by atoms with van der Waals surface area (Å²) in [6.07, 6.45) is -1.80. The van der Waals surface area contributed by atoms with Gasteiger partial charge in [-0.25, -0.2) is 0 Å². The van der Waals surface area contributed by atoms with Crippen molar-refractivity contribution in [3.8, 4) is 5.75 Å². The lowest BCUT2D eigenvalue weighted by Crippen LogP contribution is -2.45. The zero-order chi connectivity index (χ0) is 19.3. The minimum absolute atomic E-state index is 0.0306. The number of nitrogens with zero attached hydrogens (tertiary/aromatic N) is 2. The highest BCUT2D eigenvalue weighted by Crippen LogP contribution is 2.27. The van der Waals surface area contributed by atoms with Gasteiger partial charge in [-0.3, -0.25) is 14.9 Å². The molecular formula is C19H22N2O5. The first-order valence-corrected chi connectivity index (χ1v) is 8.22. The average Bonchev–Trinajstić information content (AvgIpc) is 2.66. The second-order valence-corrected chi connectivity index (χ2v) is 6.03. The molecule has 2 rings (SSSR count). The zero-order valence-electron chi connectivity index (χ0n) is 14.9. The molecule has 0 aromatic heterocycles. The Bertz CT molecular complexity index is 766. The van der Waals surface area contributed by atoms with E-state index in [0.717, 1.165) is 0 Å². The largest absolute Gasteiger partial charge is 0.474 e. The van der Waals surface area contributed by atoms with Gasteiger partial charge >= 0.3 is 5.69 Å². The van der Waals surface area contributed by atoms with Crippen molar-refractivity contribution in [2.45, 2.75) is 32.1 Å². The van der Waals surface area contributed by atoms with Gasteiger partial charge in [0.2, 0.25) is 0 Å². The number of aliphatic hydroxyl groups excluding tert-OH is 1. The molecule has 7 nitrogen and oxygen atoms in total. The van der Waals surface area contributed by atoms with Crippen LogP contribution in [0.3, 0.4) is 0 Å². The number of amides is 1. The number of para-hydroxylation sites is 2. The third-order valence-corrected chi connectivity index (χ3v) is 4.27. The molecule has 7 heteroatoms. The van der Waals surface area contributed by atoms with Crippen molar-refractivity contribution in [2.75, 3.05) is 7.05 Å². The first kappa shape index (κ1) is 19.4. The maximum Gasteiger partial charge on any atom is 0.310 e. The molecule has 1 N–H and O–H groups in total. The molecule has 2 aromatic carbocycles. The molecule has 3 unspecified atom stereocenters. The number of benzene rings is 2. The van der Waals surface area contributed by atoms with Gasteiger partial charge < -0.3 is 14.7 Å². The fraction of sp³-hybridized carbons (Fsp3) is 0.316. The van der Waals surface area contributed by atoms with E-state index in [1.165, 1.54) is 30.0 Å². The lowest BCUT2D eigenvalue weighted by molar-refractivity contribution is -0.386. The van der Waals surface area contributed by atoms with Crippen molar-refractivity contribution in [2.24, 2.45) is 0 Å². The normalized spacial score (nSPS) is 14.2. The predicted molar refractivity (Wildman–Crippen MR) is 96.8 cm³/mol. The summed E-state index contributed by atoms with van der Waals surface area (Å²) in [5.74, 6) is -0.353. The quantitative estimate of drug-likeness (QED) is 0.607. The molecule has 0 radical (unpaired) electrons. The van der Waals surface area contributed by atoms with Crippen LogP contribution in [0, 0.1) is 10.1 Å². The van der Waals surface area contributed by atoms with Crippen molar-refractivity contribution < 1.29 is 19.6 Å². The van der Waals surface area contributed by atoms with Gasteiger partial charge in [0.25, 0.3) is 5.91 Å². The van der Waals surface area contributed by atoms with Crippen LogP contribution in [0.5, 0.6) is 5.75 Å². The summed E-state index contributed by atoms with van der Waals surface area (Å²) >= 11 is 0. The van der Waals surface area contributed by atoms with Crippen LogP contribution < -0.4 is 4.74 Å². The van der Waals surface area contributed by atoms with Crippen LogP contribution in [0.1, 0.15) is 25.5 Å². The highest BCUT2D eigenvalue weighted by Gasteiger charge is 2.29. The van der Waals surface area contributed by atoms with Crippen molar-refractivity contribution in [3.05, 3.63) is 70.3 Å². The van der Waals surface area contributed by atoms with E-state index >= 15 is 0 Å². The standard InChI is InChI=1S/C19H22N2O5/c1-13(18(22)15-9-5-4-6-10-15)20(3)19(23)14(2)26-17-12-8-7-11-16(17)21(24)25/h4-14,18,22H,1-3H3. The Balaban J connectivity index is 2.09. The van der Waals surface area contributed by atoms with E-state index in [-0.39, 0.29) is 17.3 Å². The summed E-state index contributed by atoms with van der Waals surface area (Å²) in [6, 6.07) is 14.4. The summed E-state index contributed by atoms with van der Waals surface area (Å²) in [6.45, 7) is 3.25. The SMILES string of the molecule is CC(Oc1ccccc1[N+](=O)[O-])C(=O)N(C)C(C)C(O)c1ccccc1. The number of nitro groups is 1. The Labute approximate surface area is 152 Å². The van der Waals surface area contributed by atoms with Gasteiger partial charge in [-0.1, -0.05) is 42.5 Å². The topological polar surface area (TPSA) is 92.9 Å². The Kier molecular flexibility index (Phi) is 6.30. The molecule has 0 heterocycles. The Morgan fingerprint density at radius 1 is 1.12 bits per heavy atom. The van der Waals surface area contributed by atoms with Crippen molar-refractivity contribution in [1.82, 2.24) is 4.90 Å². The predicted octanol–water partition coefficient (Wildman–Crippen LogP) is 2.94. The average molecular weight is 358 g/mol. The third-order valence-electron chi connectivity index (χ3n) is 4.27. The van der Waals surface area contributed by atoms with E-state index < -0.39 is 23.2 Å². The number of carbonyl (C=O) groups excluding carboxylic acids is 1. The minimum atomic E-state index is -0.938. The zero-order valence-corrected chi connectivity index (χ0v) is 14.9. The minimum Gasteiger partial charge on any atom is -0.474 e. The van der Waals surface area contributed by atoms with E-state index in [2.05, 4.69) is 0 Å². The molecule has 0 saturated carbocycles. The van der Waals surface area contributed by atoms with Crippen molar-refractivity contribution in [3.63, 3.8) is 0 Å². The second-order valence-electron chi connectivity index (χ2n) is 6.03. The van der Waals surface area contributed by atoms with Gasteiger partial charge in [0, 0.05) is 13.1 Å². The lowest BCUT2D eigenvalue weighted by atomic mass is 10.0. The van der Waals surface area contributed by atoms with Gasteiger partial charge in [0.05, 0.1) is 17.1 Å². The first-order valence-electron chi connectivity index (χ1n) is 8.22. The monoisotopic (exact) mass is 358 g/mol. The van der Waals surface area contributed by atoms with Crippen LogP contribution in [0.2, 0.25) is 0 Å². The smallest absolute Gasteiger partial charge is 0.310 e. The fourth-order valence-corrected chi connectivity index (χ4v) is 2.58. The number of ether oxygens (including phenoxy) is 1. The molecule has 0 saturated heterocycles. The molecule has 1 amide bonds. The molecule has 0 aliphatic rings. The third kappa shape index (κ3) is 4.37. The van der Waals surface area contributed by atoms with Gasteiger partial charge in [-0.15, -0.1) is 0 Å². The number of carbonyl (C=O) groups is 1. The van der Waals surface area contributed by atoms with E-state index in [9.17, 15) is 20.0 Å². The number of likely N-dealkylation sites (N-methyl/N-ethyl adjacent to an activating group) is 1. The van der Waals surface area contributed by atoms with E-state index in [1.807, 2.05) is 18.2 Å². The highest BCUT2D eigenvalue weighted by molar-refractivity contribution is 5.81. The van der Waals surface area contributed by atoms with Gasteiger partial charge in [0.1, 0.15) is 0 Å². The number of hydrogen-bond donors (Lipinski definition) is 1. The van der Waals surface area contributed by atoms with Crippen LogP contribution in [0.25, 0.3) is 0 Å². The Hall–Kier alpha value is -2.93. The summed E-state index contributed by atoms with van der Waals surface area (Å²) in [4.78, 5) is 24.5. The molecule has 0 aliphatic carbocycles. The molecule has 138 valence electrons. The maximum atomic E-state index is 12.6. The van der Waals surface area contributed by atoms with Crippen LogP contribution >= 0.6 is 0 Å². The summed E-state index contributed by atoms with van der Waals surface area (Å²) in [5.41, 5.74) is 0.499. The molecule has 0 fully saturated rings. The van der Waals surface area contributed by atoms with Gasteiger partial charge in [0.15, 0.2) is 11.9 Å². The van der Waals surface area contributed by atoms with E-state index in [0.29, 0.717) is 5.56 Å². The maximum absolute atomic E-state index is 12.6. The number of nitro benzene ring substituents is 1. The van der Waals surface area contributed by atoms with Crippen LogP contribution in [-0.4, -0.2) is 40.0 Å². The van der Waals surface area contributed by atoms with Crippen LogP contribution in [0.15, 0.2) is 54.6 Å². The lowest BCUT2D eigenvalue weighted by Gasteiger charge is -2.31. The molecule has 2 aromatic rings. The van der Waals surface area contributed by atoms with Gasteiger partial charge in [-0.2, -0.15) is 0 Å². The molecular weight excluding hydrogens is 336 g/mol. The Morgan fingerprint density at radius 2 is 1.69 bits per heavy atom. The summed E-state index contributed by atoms with van der Waals surface area (Å²) in [5, 5.41) is 21.5.